The fourth-order valence-corrected chi connectivity index (χ4v) is 3.35. The van der Waals surface area contributed by atoms with Crippen molar-refractivity contribution in [1.82, 2.24) is 0 Å². The maximum Gasteiger partial charge on any atom is 0.224 e. The molecule has 0 bridgehead atoms. The Kier molecular flexibility index (Phi) is 4.14. The van der Waals surface area contributed by atoms with Gasteiger partial charge >= 0.3 is 0 Å². The number of hydrogen-bond acceptors (Lipinski definition) is 2. The van der Waals surface area contributed by atoms with Crippen LogP contribution in [0.15, 0.2) is 54.6 Å². The minimum Gasteiger partial charge on any atom is -0.378 e. The maximum absolute atomic E-state index is 12.1. The zero-order valence-electron chi connectivity index (χ0n) is 13.1. The van der Waals surface area contributed by atoms with Crippen LogP contribution in [0.4, 0.5) is 11.4 Å². The summed E-state index contributed by atoms with van der Waals surface area (Å²) in [5.41, 5.74) is 3.36. The van der Waals surface area contributed by atoms with Crippen LogP contribution in [-0.2, 0) is 4.79 Å². The predicted octanol–water partition coefficient (Wildman–Crippen LogP) is 4.38. The van der Waals surface area contributed by atoms with E-state index in [4.69, 9.17) is 0 Å². The Bertz CT molecular complexity index is 653. The van der Waals surface area contributed by atoms with E-state index < -0.39 is 0 Å². The molecule has 2 aromatic carbocycles. The molecule has 3 nitrogen and oxygen atoms in total. The highest BCUT2D eigenvalue weighted by Gasteiger charge is 2.33. The molecule has 0 aromatic heterocycles. The third-order valence-electron chi connectivity index (χ3n) is 4.37. The SMILES string of the molecule is CC[C@@H]1CC(Nc2ccccc2)c2ccccc2N1C(C)=O. The summed E-state index contributed by atoms with van der Waals surface area (Å²) >= 11 is 0. The minimum absolute atomic E-state index is 0.123. The van der Waals surface area contributed by atoms with Gasteiger partial charge < -0.3 is 10.2 Å². The number of fused-ring (bicyclic) bond motifs is 1. The Morgan fingerprint density at radius 3 is 2.50 bits per heavy atom. The molecule has 3 rings (SSSR count). The first-order chi connectivity index (χ1) is 10.7. The van der Waals surface area contributed by atoms with E-state index in [-0.39, 0.29) is 18.0 Å². The van der Waals surface area contributed by atoms with Crippen LogP contribution in [0.25, 0.3) is 0 Å². The van der Waals surface area contributed by atoms with Crippen LogP contribution in [0.2, 0.25) is 0 Å². The van der Waals surface area contributed by atoms with Crippen LogP contribution in [0, 0.1) is 0 Å². The van der Waals surface area contributed by atoms with Crippen LogP contribution in [0.5, 0.6) is 0 Å². The van der Waals surface area contributed by atoms with Gasteiger partial charge in [0.05, 0.1) is 6.04 Å². The highest BCUT2D eigenvalue weighted by molar-refractivity contribution is 5.93. The predicted molar refractivity (Wildman–Crippen MR) is 91.1 cm³/mol. The van der Waals surface area contributed by atoms with E-state index >= 15 is 0 Å². The molecule has 0 aliphatic carbocycles. The highest BCUT2D eigenvalue weighted by Crippen LogP contribution is 2.39. The first kappa shape index (κ1) is 14.6. The molecule has 1 aliphatic rings. The Labute approximate surface area is 132 Å². The van der Waals surface area contributed by atoms with Gasteiger partial charge in [0.1, 0.15) is 0 Å². The number of carbonyl (C=O) groups is 1. The van der Waals surface area contributed by atoms with Gasteiger partial charge in [-0.05, 0) is 36.6 Å². The first-order valence-corrected chi connectivity index (χ1v) is 7.91. The summed E-state index contributed by atoms with van der Waals surface area (Å²) in [4.78, 5) is 14.1. The number of carbonyl (C=O) groups excluding carboxylic acids is 1. The van der Waals surface area contributed by atoms with E-state index in [1.54, 1.807) is 6.92 Å². The number of hydrogen-bond donors (Lipinski definition) is 1. The van der Waals surface area contributed by atoms with Gasteiger partial charge in [-0.2, -0.15) is 0 Å². The van der Waals surface area contributed by atoms with Gasteiger partial charge in [0.2, 0.25) is 5.91 Å². The number of nitrogens with one attached hydrogen (secondary N) is 1. The van der Waals surface area contributed by atoms with Gasteiger partial charge in [-0.25, -0.2) is 0 Å². The monoisotopic (exact) mass is 294 g/mol. The molecule has 1 amide bonds. The average Bonchev–Trinajstić information content (AvgIpc) is 2.55. The van der Waals surface area contributed by atoms with Crippen molar-refractivity contribution in [3.05, 3.63) is 60.2 Å². The Hall–Kier alpha value is -2.29. The molecule has 0 fully saturated rings. The zero-order valence-corrected chi connectivity index (χ0v) is 13.1. The van der Waals surface area contributed by atoms with E-state index in [0.717, 1.165) is 24.2 Å². The smallest absolute Gasteiger partial charge is 0.224 e. The molecule has 0 spiro atoms. The topological polar surface area (TPSA) is 32.3 Å². The molecule has 1 aliphatic heterocycles. The van der Waals surface area contributed by atoms with E-state index in [0.29, 0.717) is 0 Å². The van der Waals surface area contributed by atoms with Crippen molar-refractivity contribution in [2.75, 3.05) is 10.2 Å². The summed E-state index contributed by atoms with van der Waals surface area (Å²) in [7, 11) is 0. The maximum atomic E-state index is 12.1. The standard InChI is InChI=1S/C19H22N2O/c1-3-16-13-18(20-15-9-5-4-6-10-15)17-11-7-8-12-19(17)21(16)14(2)22/h4-12,16,18,20H,3,13H2,1-2H3/t16-,18?/m1/s1. The first-order valence-electron chi connectivity index (χ1n) is 7.91. The van der Waals surface area contributed by atoms with Crippen LogP contribution in [-0.4, -0.2) is 11.9 Å². The molecule has 2 atom stereocenters. The van der Waals surface area contributed by atoms with Crippen molar-refractivity contribution in [1.29, 1.82) is 0 Å². The minimum atomic E-state index is 0.123. The van der Waals surface area contributed by atoms with Crippen molar-refractivity contribution >= 4 is 17.3 Å². The van der Waals surface area contributed by atoms with Crippen molar-refractivity contribution in [2.24, 2.45) is 0 Å². The van der Waals surface area contributed by atoms with E-state index in [1.807, 2.05) is 35.2 Å². The number of benzene rings is 2. The molecule has 22 heavy (non-hydrogen) atoms. The third-order valence-corrected chi connectivity index (χ3v) is 4.37. The second-order valence-electron chi connectivity index (χ2n) is 5.81. The molecule has 0 radical (unpaired) electrons. The Morgan fingerprint density at radius 1 is 1.14 bits per heavy atom. The van der Waals surface area contributed by atoms with E-state index in [1.165, 1.54) is 5.56 Å². The lowest BCUT2D eigenvalue weighted by Gasteiger charge is -2.40. The zero-order chi connectivity index (χ0) is 15.5. The lowest BCUT2D eigenvalue weighted by atomic mass is 9.89. The molecule has 1 N–H and O–H groups in total. The summed E-state index contributed by atoms with van der Waals surface area (Å²) in [5.74, 6) is 0.123. The summed E-state index contributed by atoms with van der Waals surface area (Å²) < 4.78 is 0. The summed E-state index contributed by atoms with van der Waals surface area (Å²) in [6.07, 6.45) is 1.89. The van der Waals surface area contributed by atoms with E-state index in [9.17, 15) is 4.79 Å². The van der Waals surface area contributed by atoms with Crippen LogP contribution in [0.1, 0.15) is 38.3 Å². The molecule has 2 aromatic rings. The fourth-order valence-electron chi connectivity index (χ4n) is 3.35. The molecule has 0 saturated heterocycles. The molecule has 1 unspecified atom stereocenters. The Balaban J connectivity index is 1.98. The number of rotatable bonds is 3. The number of para-hydroxylation sites is 2. The number of anilines is 2. The van der Waals surface area contributed by atoms with Crippen molar-refractivity contribution in [3.8, 4) is 0 Å². The molecule has 3 heteroatoms. The van der Waals surface area contributed by atoms with Crippen molar-refractivity contribution in [2.45, 2.75) is 38.8 Å². The van der Waals surface area contributed by atoms with Crippen molar-refractivity contribution < 1.29 is 4.79 Å². The number of nitrogens with zero attached hydrogens (tertiary/aromatic N) is 1. The van der Waals surface area contributed by atoms with Crippen LogP contribution >= 0.6 is 0 Å². The summed E-state index contributed by atoms with van der Waals surface area (Å²) in [6.45, 7) is 3.80. The quantitative estimate of drug-likeness (QED) is 0.911. The molecular formula is C19H22N2O. The van der Waals surface area contributed by atoms with E-state index in [2.05, 4.69) is 36.5 Å². The fraction of sp³-hybridized carbons (Fsp3) is 0.316. The van der Waals surface area contributed by atoms with Gasteiger partial charge in [0, 0.05) is 24.3 Å². The van der Waals surface area contributed by atoms with Crippen molar-refractivity contribution in [3.63, 3.8) is 0 Å². The van der Waals surface area contributed by atoms with Crippen LogP contribution < -0.4 is 10.2 Å². The largest absolute Gasteiger partial charge is 0.378 e. The third kappa shape index (κ3) is 2.71. The van der Waals surface area contributed by atoms with Gasteiger partial charge in [-0.3, -0.25) is 4.79 Å². The summed E-state index contributed by atoms with van der Waals surface area (Å²) in [5, 5.41) is 3.62. The average molecular weight is 294 g/mol. The molecule has 114 valence electrons. The molecule has 1 heterocycles. The normalized spacial score (nSPS) is 20.4. The lowest BCUT2D eigenvalue weighted by Crippen LogP contribution is -2.44. The number of amides is 1. The second kappa shape index (κ2) is 6.22. The second-order valence-corrected chi connectivity index (χ2v) is 5.81. The molecule has 0 saturated carbocycles. The van der Waals surface area contributed by atoms with Gasteiger partial charge in [-0.15, -0.1) is 0 Å². The van der Waals surface area contributed by atoms with Crippen LogP contribution in [0.3, 0.4) is 0 Å². The Morgan fingerprint density at radius 2 is 1.82 bits per heavy atom. The lowest BCUT2D eigenvalue weighted by molar-refractivity contribution is -0.117. The highest BCUT2D eigenvalue weighted by atomic mass is 16.2. The molecular weight excluding hydrogens is 272 g/mol. The summed E-state index contributed by atoms with van der Waals surface area (Å²) in [6, 6.07) is 19.0. The van der Waals surface area contributed by atoms with Gasteiger partial charge in [0.25, 0.3) is 0 Å². The van der Waals surface area contributed by atoms with Gasteiger partial charge in [-0.1, -0.05) is 43.3 Å². The van der Waals surface area contributed by atoms with Gasteiger partial charge in [0.15, 0.2) is 0 Å².